The van der Waals surface area contributed by atoms with Crippen LogP contribution in [-0.4, -0.2) is 7.11 Å². The van der Waals surface area contributed by atoms with Gasteiger partial charge in [-0.3, -0.25) is 0 Å². The van der Waals surface area contributed by atoms with E-state index >= 15 is 0 Å². The third-order valence-corrected chi connectivity index (χ3v) is 1.59. The van der Waals surface area contributed by atoms with E-state index in [4.69, 9.17) is 23.1 Å². The van der Waals surface area contributed by atoms with Crippen LogP contribution in [0.4, 0.5) is 5.69 Å². The summed E-state index contributed by atoms with van der Waals surface area (Å²) in [6.45, 7) is 0. The number of benzene rings is 1. The van der Waals surface area contributed by atoms with Crippen molar-refractivity contribution in [2.45, 2.75) is 4.90 Å². The molecule has 0 aliphatic carbocycles. The minimum Gasteiger partial charge on any atom is -0.778 e. The topological polar surface area (TPSA) is 35.2 Å². The normalized spacial score (nSPS) is 8.45. The molecule has 2 nitrogen and oxygen atoms in total. The molecule has 1 rings (SSSR count). The predicted molar refractivity (Wildman–Crippen MR) is 43.0 cm³/mol. The van der Waals surface area contributed by atoms with Crippen LogP contribution in [0.1, 0.15) is 0 Å². The Bertz CT molecular complexity index is 242. The first-order valence-corrected chi connectivity index (χ1v) is 3.25. The standard InChI is InChI=1S/C7H9NOS.Re/c1-9-5-2-3-7(10)6(8)4-5;/h2-4,10H,8H2,1H3;/p-1. The molecular weight excluding hydrogens is 332 g/mol. The fourth-order valence-electron chi connectivity index (χ4n) is 0.654. The first-order valence-electron chi connectivity index (χ1n) is 2.84. The predicted octanol–water partition coefficient (Wildman–Crippen LogP) is 1.18. The Morgan fingerprint density at radius 1 is 1.45 bits per heavy atom. The zero-order chi connectivity index (χ0) is 7.56. The number of nitrogen functional groups attached to an aromatic ring is 1. The smallest absolute Gasteiger partial charge is 0.120 e. The van der Waals surface area contributed by atoms with Crippen LogP contribution in [-0.2, 0) is 33.1 Å². The van der Waals surface area contributed by atoms with Crippen LogP contribution in [0.3, 0.4) is 0 Å². The van der Waals surface area contributed by atoms with Crippen LogP contribution in [0.15, 0.2) is 23.1 Å². The third kappa shape index (κ3) is 2.66. The summed E-state index contributed by atoms with van der Waals surface area (Å²) in [6, 6.07) is 5.25. The fraction of sp³-hybridized carbons (Fsp3) is 0.143. The van der Waals surface area contributed by atoms with Crippen LogP contribution >= 0.6 is 0 Å². The number of anilines is 1. The quantitative estimate of drug-likeness (QED) is 0.616. The van der Waals surface area contributed by atoms with Crippen molar-refractivity contribution in [3.05, 3.63) is 18.2 Å². The zero-order valence-electron chi connectivity index (χ0n) is 6.00. The molecule has 0 aromatic heterocycles. The maximum absolute atomic E-state index is 5.51. The molecular formula is C7H8NOReS-. The summed E-state index contributed by atoms with van der Waals surface area (Å²) in [4.78, 5) is 0.667. The Hall–Kier alpha value is -0.298. The van der Waals surface area contributed by atoms with E-state index in [-0.39, 0.29) is 20.4 Å². The first-order chi connectivity index (χ1) is 4.74. The van der Waals surface area contributed by atoms with Crippen molar-refractivity contribution in [3.63, 3.8) is 0 Å². The fourth-order valence-corrected chi connectivity index (χ4v) is 0.780. The number of nitrogens with two attached hydrogens (primary N) is 1. The average molecular weight is 340 g/mol. The van der Waals surface area contributed by atoms with Gasteiger partial charge >= 0.3 is 0 Å². The van der Waals surface area contributed by atoms with Crippen LogP contribution in [0.25, 0.3) is 0 Å². The van der Waals surface area contributed by atoms with E-state index in [1.165, 1.54) is 0 Å². The van der Waals surface area contributed by atoms with Gasteiger partial charge in [-0.15, -0.1) is 0 Å². The van der Waals surface area contributed by atoms with Crippen LogP contribution in [0, 0.1) is 0 Å². The molecule has 0 amide bonds. The molecule has 0 aliphatic heterocycles. The van der Waals surface area contributed by atoms with Gasteiger partial charge in [0.15, 0.2) is 0 Å². The SMILES string of the molecule is COc1ccc([S-])c(N)c1.[Re]. The van der Waals surface area contributed by atoms with E-state index in [2.05, 4.69) is 0 Å². The van der Waals surface area contributed by atoms with Gasteiger partial charge in [0.25, 0.3) is 0 Å². The molecule has 11 heavy (non-hydrogen) atoms. The summed E-state index contributed by atoms with van der Waals surface area (Å²) in [7, 11) is 1.60. The van der Waals surface area contributed by atoms with Gasteiger partial charge in [-0.1, -0.05) is 6.07 Å². The number of hydrogen-bond acceptors (Lipinski definition) is 3. The van der Waals surface area contributed by atoms with E-state index in [1.54, 1.807) is 25.3 Å². The van der Waals surface area contributed by atoms with Crippen LogP contribution in [0.2, 0.25) is 0 Å². The Morgan fingerprint density at radius 3 is 2.55 bits per heavy atom. The number of ether oxygens (including phenoxy) is 1. The van der Waals surface area contributed by atoms with Gasteiger partial charge in [0.05, 0.1) is 7.11 Å². The van der Waals surface area contributed by atoms with E-state index < -0.39 is 0 Å². The molecule has 0 aliphatic rings. The summed E-state index contributed by atoms with van der Waals surface area (Å²) in [6.07, 6.45) is 0. The molecule has 0 fully saturated rings. The first kappa shape index (κ1) is 10.7. The Balaban J connectivity index is 0.000001000. The van der Waals surface area contributed by atoms with Crippen LogP contribution in [0.5, 0.6) is 5.75 Å². The van der Waals surface area contributed by atoms with Crippen molar-refractivity contribution in [1.82, 2.24) is 0 Å². The molecule has 0 heterocycles. The van der Waals surface area contributed by atoms with E-state index in [9.17, 15) is 0 Å². The van der Waals surface area contributed by atoms with Crippen molar-refractivity contribution in [2.75, 3.05) is 12.8 Å². The Kier molecular flexibility index (Phi) is 4.43. The molecule has 0 saturated carbocycles. The second-order valence-corrected chi connectivity index (χ2v) is 2.34. The summed E-state index contributed by atoms with van der Waals surface area (Å²) >= 11 is 4.88. The maximum atomic E-state index is 5.51. The van der Waals surface area contributed by atoms with Crippen molar-refractivity contribution < 1.29 is 25.2 Å². The van der Waals surface area contributed by atoms with E-state index in [0.29, 0.717) is 10.6 Å². The minimum absolute atomic E-state index is 0. The van der Waals surface area contributed by atoms with Gasteiger partial charge in [-0.25, -0.2) is 0 Å². The van der Waals surface area contributed by atoms with E-state index in [0.717, 1.165) is 5.75 Å². The van der Waals surface area contributed by atoms with Gasteiger partial charge in [0.1, 0.15) is 5.75 Å². The minimum atomic E-state index is 0. The third-order valence-electron chi connectivity index (χ3n) is 1.22. The number of hydrogen-bond donors (Lipinski definition) is 1. The molecule has 0 saturated heterocycles. The van der Waals surface area contributed by atoms with Gasteiger partial charge in [0.2, 0.25) is 0 Å². The van der Waals surface area contributed by atoms with Crippen molar-refractivity contribution in [3.8, 4) is 5.75 Å². The van der Waals surface area contributed by atoms with Crippen LogP contribution < -0.4 is 10.5 Å². The Labute approximate surface area is 85.2 Å². The number of methoxy groups -OCH3 is 1. The molecule has 4 heteroatoms. The Morgan fingerprint density at radius 2 is 2.09 bits per heavy atom. The molecule has 1 aromatic rings. The van der Waals surface area contributed by atoms with E-state index in [1.807, 2.05) is 0 Å². The molecule has 0 spiro atoms. The molecule has 0 atom stereocenters. The largest absolute Gasteiger partial charge is 0.778 e. The summed E-state index contributed by atoms with van der Waals surface area (Å²) in [5.74, 6) is 0.742. The zero-order valence-corrected chi connectivity index (χ0v) is 9.54. The summed E-state index contributed by atoms with van der Waals surface area (Å²) < 4.78 is 4.92. The molecule has 0 unspecified atom stereocenters. The monoisotopic (exact) mass is 341 g/mol. The molecule has 1 aromatic carbocycles. The van der Waals surface area contributed by atoms with Crippen molar-refractivity contribution >= 4 is 18.3 Å². The van der Waals surface area contributed by atoms with Gasteiger partial charge in [0, 0.05) is 32.2 Å². The maximum Gasteiger partial charge on any atom is 0.120 e. The average Bonchev–Trinajstić information content (AvgIpc) is 1.95. The second-order valence-electron chi connectivity index (χ2n) is 1.90. The van der Waals surface area contributed by atoms with Crippen molar-refractivity contribution in [1.29, 1.82) is 0 Å². The van der Waals surface area contributed by atoms with Gasteiger partial charge in [-0.2, -0.15) is 4.90 Å². The van der Waals surface area contributed by atoms with Gasteiger partial charge in [-0.05, 0) is 6.07 Å². The number of rotatable bonds is 1. The molecule has 0 bridgehead atoms. The summed E-state index contributed by atoms with van der Waals surface area (Å²) in [5.41, 5.74) is 6.10. The molecule has 2 N–H and O–H groups in total. The molecule has 61 valence electrons. The molecule has 1 radical (unpaired) electrons. The second kappa shape index (κ2) is 4.55. The van der Waals surface area contributed by atoms with Crippen molar-refractivity contribution in [2.24, 2.45) is 0 Å². The van der Waals surface area contributed by atoms with Gasteiger partial charge < -0.3 is 23.1 Å². The summed E-state index contributed by atoms with van der Waals surface area (Å²) in [5, 5.41) is 0.